The zero-order valence-corrected chi connectivity index (χ0v) is 22.5. The molecule has 1 aliphatic rings. The number of nitrogens with zero attached hydrogens (tertiary/aromatic N) is 2. The van der Waals surface area contributed by atoms with Gasteiger partial charge in [0.15, 0.2) is 0 Å². The van der Waals surface area contributed by atoms with Crippen molar-refractivity contribution in [2.75, 3.05) is 37.4 Å². The minimum Gasteiger partial charge on any atom is -0.338 e. The van der Waals surface area contributed by atoms with Crippen molar-refractivity contribution in [3.05, 3.63) is 59.2 Å². The summed E-state index contributed by atoms with van der Waals surface area (Å²) in [4.78, 5) is 29.0. The molecule has 2 aromatic rings. The Labute approximate surface area is 215 Å². The van der Waals surface area contributed by atoms with Crippen molar-refractivity contribution >= 4 is 27.6 Å². The summed E-state index contributed by atoms with van der Waals surface area (Å²) in [6, 6.07) is 11.9. The van der Waals surface area contributed by atoms with E-state index in [1.807, 2.05) is 26.0 Å². The molecular formula is C27H38N4O4S. The smallest absolute Gasteiger partial charge is 0.317 e. The molecule has 0 aliphatic carbocycles. The highest BCUT2D eigenvalue weighted by Crippen LogP contribution is 2.22. The van der Waals surface area contributed by atoms with Gasteiger partial charge in [0, 0.05) is 44.0 Å². The highest BCUT2D eigenvalue weighted by molar-refractivity contribution is 7.92. The van der Waals surface area contributed by atoms with Crippen LogP contribution in [0.2, 0.25) is 0 Å². The molecule has 2 aromatic carbocycles. The highest BCUT2D eigenvalue weighted by atomic mass is 32.2. The predicted molar refractivity (Wildman–Crippen MR) is 143 cm³/mol. The van der Waals surface area contributed by atoms with Crippen LogP contribution in [0.1, 0.15) is 55.1 Å². The first-order chi connectivity index (χ1) is 17.1. The number of carbonyl (C=O) groups is 2. The molecule has 1 aliphatic heterocycles. The van der Waals surface area contributed by atoms with Crippen LogP contribution in [0, 0.1) is 12.8 Å². The number of carbonyl (C=O) groups excluding carboxylic acids is 2. The second kappa shape index (κ2) is 12.3. The molecule has 0 saturated carbocycles. The van der Waals surface area contributed by atoms with Crippen LogP contribution in [0.25, 0.3) is 0 Å². The van der Waals surface area contributed by atoms with Crippen LogP contribution in [0.4, 0.5) is 10.5 Å². The van der Waals surface area contributed by atoms with Crippen molar-refractivity contribution in [1.82, 2.24) is 15.1 Å². The molecule has 3 amide bonds. The van der Waals surface area contributed by atoms with Gasteiger partial charge in [-0.2, -0.15) is 0 Å². The third-order valence-electron chi connectivity index (χ3n) is 6.29. The molecule has 36 heavy (non-hydrogen) atoms. The molecule has 8 nitrogen and oxygen atoms in total. The van der Waals surface area contributed by atoms with E-state index in [2.05, 4.69) is 17.0 Å². The summed E-state index contributed by atoms with van der Waals surface area (Å²) in [6.07, 6.45) is 3.15. The van der Waals surface area contributed by atoms with Crippen LogP contribution >= 0.6 is 0 Å². The number of anilines is 1. The molecule has 0 spiro atoms. The number of sulfonamides is 1. The lowest BCUT2D eigenvalue weighted by atomic mass is 10.1. The van der Waals surface area contributed by atoms with Gasteiger partial charge in [0.1, 0.15) is 0 Å². The molecule has 0 unspecified atom stereocenters. The van der Waals surface area contributed by atoms with Gasteiger partial charge < -0.3 is 15.1 Å². The van der Waals surface area contributed by atoms with Gasteiger partial charge in [0.05, 0.1) is 4.90 Å². The number of urea groups is 1. The maximum Gasteiger partial charge on any atom is 0.317 e. The zero-order valence-electron chi connectivity index (χ0n) is 21.7. The third kappa shape index (κ3) is 7.22. The van der Waals surface area contributed by atoms with E-state index in [1.54, 1.807) is 34.9 Å². The van der Waals surface area contributed by atoms with Crippen molar-refractivity contribution in [3.8, 4) is 0 Å². The number of hydrogen-bond acceptors (Lipinski definition) is 4. The fourth-order valence-electron chi connectivity index (χ4n) is 4.02. The maximum absolute atomic E-state index is 13.3. The zero-order chi connectivity index (χ0) is 26.3. The summed E-state index contributed by atoms with van der Waals surface area (Å²) in [5.41, 5.74) is 2.71. The van der Waals surface area contributed by atoms with Crippen LogP contribution in [0.5, 0.6) is 0 Å². The highest BCUT2D eigenvalue weighted by Gasteiger charge is 2.27. The number of unbranched alkanes of at least 4 members (excludes halogenated alkanes) is 1. The van der Waals surface area contributed by atoms with Crippen LogP contribution < -0.4 is 10.0 Å². The molecule has 0 radical (unpaired) electrons. The van der Waals surface area contributed by atoms with Crippen LogP contribution in [-0.2, 0) is 16.4 Å². The van der Waals surface area contributed by atoms with Crippen molar-refractivity contribution < 1.29 is 18.0 Å². The van der Waals surface area contributed by atoms with E-state index >= 15 is 0 Å². The second-order valence-electron chi connectivity index (χ2n) is 9.74. The summed E-state index contributed by atoms with van der Waals surface area (Å²) in [5, 5.41) is 2.90. The van der Waals surface area contributed by atoms with Crippen molar-refractivity contribution in [2.45, 2.75) is 51.9 Å². The lowest BCUT2D eigenvalue weighted by Gasteiger charge is -2.35. The number of piperazine rings is 1. The second-order valence-corrected chi connectivity index (χ2v) is 11.4. The molecule has 0 bridgehead atoms. The molecule has 3 rings (SSSR count). The Bertz CT molecular complexity index is 1150. The van der Waals surface area contributed by atoms with E-state index in [-0.39, 0.29) is 16.8 Å². The Balaban J connectivity index is 1.67. The van der Waals surface area contributed by atoms with E-state index in [4.69, 9.17) is 0 Å². The lowest BCUT2D eigenvalue weighted by Crippen LogP contribution is -2.53. The Kier molecular flexibility index (Phi) is 9.37. The minimum atomic E-state index is -3.86. The van der Waals surface area contributed by atoms with Gasteiger partial charge in [0.2, 0.25) is 0 Å². The normalized spacial score (nSPS) is 14.1. The summed E-state index contributed by atoms with van der Waals surface area (Å²) in [7, 11) is -3.86. The number of aryl methyl sites for hydroxylation is 2. The monoisotopic (exact) mass is 514 g/mol. The largest absolute Gasteiger partial charge is 0.338 e. The molecule has 2 N–H and O–H groups in total. The van der Waals surface area contributed by atoms with Crippen LogP contribution in [-0.4, -0.2) is 62.9 Å². The average molecular weight is 515 g/mol. The standard InChI is InChI=1S/C27H38N4O4S/c1-5-6-7-22-9-11-23(12-10-22)29-36(34,35)24-13-8-21(4)25(18-24)26(32)30-14-16-31(17-15-30)27(33)28-19-20(2)3/h8-13,18,20,29H,5-7,14-17,19H2,1-4H3,(H,28,33). The van der Waals surface area contributed by atoms with Gasteiger partial charge in [-0.1, -0.05) is 45.4 Å². The maximum atomic E-state index is 13.3. The van der Waals surface area contributed by atoms with Gasteiger partial charge in [-0.05, 0) is 61.1 Å². The third-order valence-corrected chi connectivity index (χ3v) is 7.67. The Morgan fingerprint density at radius 3 is 2.22 bits per heavy atom. The van der Waals surface area contributed by atoms with E-state index in [1.165, 1.54) is 17.7 Å². The fourth-order valence-corrected chi connectivity index (χ4v) is 5.10. The summed E-state index contributed by atoms with van der Waals surface area (Å²) >= 11 is 0. The summed E-state index contributed by atoms with van der Waals surface area (Å²) < 4.78 is 28.7. The molecule has 1 heterocycles. The Hall–Kier alpha value is -3.07. The van der Waals surface area contributed by atoms with E-state index in [0.717, 1.165) is 19.3 Å². The van der Waals surface area contributed by atoms with Gasteiger partial charge >= 0.3 is 6.03 Å². The van der Waals surface area contributed by atoms with Crippen molar-refractivity contribution in [3.63, 3.8) is 0 Å². The molecule has 0 aromatic heterocycles. The number of hydrogen-bond donors (Lipinski definition) is 2. The van der Waals surface area contributed by atoms with Crippen LogP contribution in [0.3, 0.4) is 0 Å². The lowest BCUT2D eigenvalue weighted by molar-refractivity contribution is 0.0664. The molecule has 196 valence electrons. The van der Waals surface area contributed by atoms with Gasteiger partial charge in [-0.15, -0.1) is 0 Å². The molecular weight excluding hydrogens is 476 g/mol. The van der Waals surface area contributed by atoms with E-state index in [0.29, 0.717) is 55.5 Å². The molecule has 9 heteroatoms. The predicted octanol–water partition coefficient (Wildman–Crippen LogP) is 4.26. The molecule has 1 fully saturated rings. The van der Waals surface area contributed by atoms with Crippen LogP contribution in [0.15, 0.2) is 47.4 Å². The quantitative estimate of drug-likeness (QED) is 0.522. The number of rotatable bonds is 9. The first-order valence-electron chi connectivity index (χ1n) is 12.6. The number of benzene rings is 2. The molecule has 0 atom stereocenters. The number of amides is 3. The van der Waals surface area contributed by atoms with Gasteiger partial charge in [-0.25, -0.2) is 13.2 Å². The first-order valence-corrected chi connectivity index (χ1v) is 14.1. The SMILES string of the molecule is CCCCc1ccc(NS(=O)(=O)c2ccc(C)c(C(=O)N3CCN(C(=O)NCC(C)C)CC3)c2)cc1. The van der Waals surface area contributed by atoms with Gasteiger partial charge in [0.25, 0.3) is 15.9 Å². The van der Waals surface area contributed by atoms with E-state index in [9.17, 15) is 18.0 Å². The average Bonchev–Trinajstić information content (AvgIpc) is 2.86. The van der Waals surface area contributed by atoms with Gasteiger partial charge in [-0.3, -0.25) is 9.52 Å². The summed E-state index contributed by atoms with van der Waals surface area (Å²) in [6.45, 7) is 10.3. The fraction of sp³-hybridized carbons (Fsp3) is 0.481. The Morgan fingerprint density at radius 2 is 1.61 bits per heavy atom. The van der Waals surface area contributed by atoms with Crippen molar-refractivity contribution in [2.24, 2.45) is 5.92 Å². The summed E-state index contributed by atoms with van der Waals surface area (Å²) in [5.74, 6) is 0.134. The topological polar surface area (TPSA) is 98.8 Å². The minimum absolute atomic E-state index is 0.0400. The first kappa shape index (κ1) is 27.5. The number of nitrogens with one attached hydrogen (secondary N) is 2. The molecule has 1 saturated heterocycles. The van der Waals surface area contributed by atoms with Crippen molar-refractivity contribution in [1.29, 1.82) is 0 Å². The van der Waals surface area contributed by atoms with E-state index < -0.39 is 10.0 Å². The Morgan fingerprint density at radius 1 is 0.972 bits per heavy atom.